The second-order valence-electron chi connectivity index (χ2n) is 20.8. The molecule has 3 aromatic carbocycles. The van der Waals surface area contributed by atoms with E-state index in [1.54, 1.807) is 44.6 Å². The number of methoxy groups -OCH3 is 2. The summed E-state index contributed by atoms with van der Waals surface area (Å²) in [5.41, 5.74) is -0.764. The molecule has 416 valence electrons. The lowest BCUT2D eigenvalue weighted by Crippen LogP contribution is -2.45. The number of amides is 1. The fraction of sp³-hybridized carbons (Fsp3) is 0.667. The molecular weight excluding hydrogens is 1040 g/mol. The van der Waals surface area contributed by atoms with Crippen LogP contribution in [0, 0.1) is 29.5 Å². The molecule has 4 unspecified atom stereocenters. The summed E-state index contributed by atoms with van der Waals surface area (Å²) < 4.78 is 67.7. The van der Waals surface area contributed by atoms with E-state index in [0.29, 0.717) is 41.6 Å². The Kier molecular flexibility index (Phi) is 26.4. The third-order valence-electron chi connectivity index (χ3n) is 15.5. The Morgan fingerprint density at radius 2 is 1.22 bits per heavy atom. The maximum atomic E-state index is 13.7. The zero-order valence-electron chi connectivity index (χ0n) is 43.7. The van der Waals surface area contributed by atoms with Crippen LogP contribution in [0.5, 0.6) is 5.75 Å². The summed E-state index contributed by atoms with van der Waals surface area (Å²) in [4.78, 5) is 10.9. The van der Waals surface area contributed by atoms with E-state index in [1.165, 1.54) is 37.8 Å². The third kappa shape index (κ3) is 18.6. The van der Waals surface area contributed by atoms with Gasteiger partial charge in [0, 0.05) is 92.0 Å². The highest BCUT2D eigenvalue weighted by molar-refractivity contribution is 9.10. The van der Waals surface area contributed by atoms with E-state index in [9.17, 15) is 37.7 Å². The monoisotopic (exact) mass is 1130 g/mol. The lowest BCUT2D eigenvalue weighted by molar-refractivity contribution is -0.173. The number of aliphatic hydroxyl groups is 3. The van der Waals surface area contributed by atoms with Crippen LogP contribution in [0.25, 0.3) is 0 Å². The van der Waals surface area contributed by atoms with Crippen LogP contribution in [0.3, 0.4) is 0 Å². The molecule has 4 aliphatic rings. The number of ether oxygens (including phenoxy) is 3. The van der Waals surface area contributed by atoms with Crippen LogP contribution in [0.1, 0.15) is 132 Å². The number of rotatable bonds is 23. The second-order valence-corrected chi connectivity index (χ2v) is 22.0. The number of unbranched alkanes of at least 4 members (excludes halogenated alkanes) is 2. The molecule has 3 heterocycles. The topological polar surface area (TPSA) is 154 Å². The van der Waals surface area contributed by atoms with Crippen LogP contribution in [-0.4, -0.2) is 107 Å². The summed E-state index contributed by atoms with van der Waals surface area (Å²) in [6, 6.07) is 19.6. The number of carbonyl (C=O) groups is 1. The van der Waals surface area contributed by atoms with E-state index in [-0.39, 0.29) is 43.0 Å². The lowest BCUT2D eigenvalue weighted by atomic mass is 9.74. The molecule has 3 saturated heterocycles. The van der Waals surface area contributed by atoms with Crippen molar-refractivity contribution in [3.8, 4) is 5.75 Å². The normalized spacial score (nSPS) is 21.9. The van der Waals surface area contributed by atoms with Crippen molar-refractivity contribution in [3.05, 3.63) is 98.7 Å². The number of piperidine rings is 3. The van der Waals surface area contributed by atoms with Gasteiger partial charge >= 0.3 is 12.1 Å². The molecule has 3 aliphatic heterocycles. The molecule has 4 fully saturated rings. The Morgan fingerprint density at radius 1 is 0.676 bits per heavy atom. The average molecular weight is 1130 g/mol. The molecule has 0 aromatic heterocycles. The number of benzene rings is 3. The molecule has 0 bridgehead atoms. The van der Waals surface area contributed by atoms with Crippen molar-refractivity contribution in [1.82, 2.24) is 21.3 Å². The Bertz CT molecular complexity index is 2090. The number of hydrogen-bond acceptors (Lipinski definition) is 10. The van der Waals surface area contributed by atoms with E-state index >= 15 is 0 Å². The Balaban J connectivity index is 0.000000207. The predicted molar refractivity (Wildman–Crippen MR) is 288 cm³/mol. The number of para-hydroxylation sites is 1. The first kappa shape index (κ1) is 61.9. The number of carbonyl (C=O) groups excluding carboxylic acids is 1. The fourth-order valence-electron chi connectivity index (χ4n) is 11.3. The van der Waals surface area contributed by atoms with E-state index in [0.717, 1.165) is 132 Å². The van der Waals surface area contributed by atoms with Crippen LogP contribution < -0.4 is 26.0 Å². The van der Waals surface area contributed by atoms with E-state index in [1.807, 2.05) is 23.5 Å². The molecule has 1 aliphatic carbocycles. The minimum atomic E-state index is -4.89. The quantitative estimate of drug-likeness (QED) is 0.0361. The largest absolute Gasteiger partial charge is 0.493 e. The van der Waals surface area contributed by atoms with Gasteiger partial charge in [0.2, 0.25) is 0 Å². The molecule has 0 radical (unpaired) electrons. The third-order valence-corrected chi connectivity index (χ3v) is 16.5. The zero-order chi connectivity index (χ0) is 53.5. The van der Waals surface area contributed by atoms with Crippen LogP contribution in [0.15, 0.2) is 71.2 Å². The molecule has 17 heteroatoms. The van der Waals surface area contributed by atoms with E-state index in [4.69, 9.17) is 25.8 Å². The van der Waals surface area contributed by atoms with Gasteiger partial charge in [-0.3, -0.25) is 4.79 Å². The molecule has 1 saturated carbocycles. The molecule has 0 spiro atoms. The molecule has 3 aromatic rings. The van der Waals surface area contributed by atoms with Gasteiger partial charge in [-0.2, -0.15) is 13.2 Å². The second kappa shape index (κ2) is 31.5. The van der Waals surface area contributed by atoms with Crippen molar-refractivity contribution in [2.24, 2.45) is 23.7 Å². The highest BCUT2D eigenvalue weighted by Gasteiger charge is 2.43. The molecule has 7 N–H and O–H groups in total. The summed E-state index contributed by atoms with van der Waals surface area (Å²) >= 11 is 9.52. The van der Waals surface area contributed by atoms with Gasteiger partial charge in [0.05, 0.1) is 23.4 Å². The van der Waals surface area contributed by atoms with Crippen molar-refractivity contribution in [1.29, 1.82) is 0 Å². The molecule has 1 amide bonds. The summed E-state index contributed by atoms with van der Waals surface area (Å²) in [5.74, 6) is -0.464. The maximum absolute atomic E-state index is 13.7. The van der Waals surface area contributed by atoms with Crippen molar-refractivity contribution in [3.63, 3.8) is 0 Å². The van der Waals surface area contributed by atoms with Gasteiger partial charge < -0.3 is 50.8 Å². The maximum Gasteiger partial charge on any atom is 0.471 e. The smallest absolute Gasteiger partial charge is 0.471 e. The lowest BCUT2D eigenvalue weighted by Gasteiger charge is -2.40. The van der Waals surface area contributed by atoms with Crippen molar-refractivity contribution >= 4 is 33.4 Å². The SMILES string of the molecule is COCCCC[C@@](O)(c1cc(F)ccc1Br)C1CCCNC1.COCCCC[C@@](O)(c1ccccc1OCC1CCCC1)C1CCCNC1.O=C(NCCCC(O)(c1cccc(Cl)c1)C1CCCNC1)C(F)(F)F. The van der Waals surface area contributed by atoms with Gasteiger partial charge in [0.15, 0.2) is 0 Å². The van der Waals surface area contributed by atoms with Crippen molar-refractivity contribution in [2.75, 3.05) is 79.9 Å². The summed E-state index contributed by atoms with van der Waals surface area (Å²) in [5, 5.41) is 47.1. The van der Waals surface area contributed by atoms with Crippen LogP contribution >= 0.6 is 27.5 Å². The fourth-order valence-corrected chi connectivity index (χ4v) is 12.1. The molecule has 6 atom stereocenters. The molecule has 74 heavy (non-hydrogen) atoms. The average Bonchev–Trinajstić information content (AvgIpc) is 3.95. The highest BCUT2D eigenvalue weighted by Crippen LogP contribution is 2.44. The molecule has 7 rings (SSSR count). The Morgan fingerprint density at radius 3 is 1.74 bits per heavy atom. The predicted octanol–water partition coefficient (Wildman–Crippen LogP) is 10.8. The van der Waals surface area contributed by atoms with Crippen molar-refractivity contribution in [2.45, 2.75) is 139 Å². The van der Waals surface area contributed by atoms with Crippen LogP contribution in [-0.2, 0) is 31.1 Å². The number of halogens is 6. The summed E-state index contributed by atoms with van der Waals surface area (Å²) in [6.45, 7) is 7.24. The van der Waals surface area contributed by atoms with E-state index < -0.39 is 28.9 Å². The van der Waals surface area contributed by atoms with E-state index in [2.05, 4.69) is 37.9 Å². The van der Waals surface area contributed by atoms with Gasteiger partial charge in [-0.15, -0.1) is 0 Å². The van der Waals surface area contributed by atoms with Crippen LogP contribution in [0.4, 0.5) is 17.6 Å². The van der Waals surface area contributed by atoms with Gasteiger partial charge in [-0.1, -0.05) is 70.7 Å². The number of nitrogens with one attached hydrogen (secondary N) is 4. The number of hydrogen-bond donors (Lipinski definition) is 7. The zero-order valence-corrected chi connectivity index (χ0v) is 46.0. The van der Waals surface area contributed by atoms with Crippen LogP contribution in [0.2, 0.25) is 5.02 Å². The Hall–Kier alpha value is -2.90. The van der Waals surface area contributed by atoms with Crippen molar-refractivity contribution < 1.29 is 51.9 Å². The minimum absolute atomic E-state index is 0.0713. The first-order chi connectivity index (χ1) is 35.5. The standard InChI is InChI=1S/C23H37NO3.C17H25BrFNO2.C17H22ClF3N2O2/c1-26-16-7-6-14-23(25,20-11-8-15-24-17-20)21-12-4-5-13-22(21)27-18-19-9-2-3-10-19;1-22-10-3-2-8-17(21,13-5-4-9-20-12-13)15-11-14(19)6-7-16(15)18;18-14-6-1-4-12(10-14)16(25,13-5-2-8-22-11-13)7-3-9-23-15(24)17(19,20)21/h4-5,12-13,19-20,24-25H,2-3,6-11,14-18H2,1H3;6-7,11,13,20-21H,2-5,8-10,12H2,1H3;1,4,6,10,13,22,25H,2-3,5,7-9,11H2,(H,23,24)/t20?,23-;13?,17-;/m00./s1. The Labute approximate surface area is 451 Å². The molecular formula is C57H84BrClF4N4O7. The minimum Gasteiger partial charge on any atom is -0.493 e. The first-order valence-electron chi connectivity index (χ1n) is 27.1. The van der Waals surface area contributed by atoms with Gasteiger partial charge in [-0.05, 0) is 170 Å². The number of alkyl halides is 3. The molecule has 11 nitrogen and oxygen atoms in total. The summed E-state index contributed by atoms with van der Waals surface area (Å²) in [7, 11) is 3.42. The van der Waals surface area contributed by atoms with Gasteiger partial charge in [0.25, 0.3) is 0 Å². The van der Waals surface area contributed by atoms with Gasteiger partial charge in [0.1, 0.15) is 11.6 Å². The summed E-state index contributed by atoms with van der Waals surface area (Å²) in [6.07, 6.45) is 11.7. The highest BCUT2D eigenvalue weighted by atomic mass is 79.9. The first-order valence-corrected chi connectivity index (χ1v) is 28.3. The van der Waals surface area contributed by atoms with Gasteiger partial charge in [-0.25, -0.2) is 4.39 Å².